The van der Waals surface area contributed by atoms with Crippen LogP contribution in [0.25, 0.3) is 0 Å². The van der Waals surface area contributed by atoms with E-state index in [1.807, 2.05) is 23.1 Å². The highest BCUT2D eigenvalue weighted by Crippen LogP contribution is 2.33. The molecule has 1 aromatic rings. The van der Waals surface area contributed by atoms with Gasteiger partial charge in [-0.25, -0.2) is 0 Å². The fraction of sp³-hybridized carbons (Fsp3) is 0.700. The number of rotatable bonds is 3. The molecule has 3 heteroatoms. The van der Waals surface area contributed by atoms with E-state index in [-0.39, 0.29) is 0 Å². The summed E-state index contributed by atoms with van der Waals surface area (Å²) in [6.07, 6.45) is 9.22. The molecule has 1 aromatic heterocycles. The molecule has 2 N–H and O–H groups in total. The van der Waals surface area contributed by atoms with Crippen LogP contribution in [-0.4, -0.2) is 16.3 Å². The highest BCUT2D eigenvalue weighted by molar-refractivity contribution is 4.86. The first-order valence-corrected chi connectivity index (χ1v) is 5.11. The van der Waals surface area contributed by atoms with Crippen LogP contribution in [0.4, 0.5) is 0 Å². The van der Waals surface area contributed by atoms with Crippen molar-refractivity contribution in [2.24, 2.45) is 11.7 Å². The maximum Gasteiger partial charge on any atom is 0.0669 e. The largest absolute Gasteiger partial charge is 0.328 e. The van der Waals surface area contributed by atoms with Crippen LogP contribution in [0.15, 0.2) is 18.5 Å². The van der Waals surface area contributed by atoms with Crippen molar-refractivity contribution in [3.63, 3.8) is 0 Å². The van der Waals surface area contributed by atoms with E-state index in [4.69, 9.17) is 5.73 Å². The molecule has 1 fully saturated rings. The monoisotopic (exact) mass is 179 g/mol. The lowest BCUT2D eigenvalue weighted by Crippen LogP contribution is -2.25. The summed E-state index contributed by atoms with van der Waals surface area (Å²) in [6.45, 7) is 0.715. The van der Waals surface area contributed by atoms with Gasteiger partial charge in [0, 0.05) is 18.9 Å². The Labute approximate surface area is 78.9 Å². The van der Waals surface area contributed by atoms with Gasteiger partial charge in [0.05, 0.1) is 6.04 Å². The molecule has 3 nitrogen and oxygen atoms in total. The quantitative estimate of drug-likeness (QED) is 0.765. The molecular weight excluding hydrogens is 162 g/mol. The van der Waals surface area contributed by atoms with Gasteiger partial charge in [0.1, 0.15) is 0 Å². The maximum absolute atomic E-state index is 5.78. The molecule has 72 valence electrons. The Morgan fingerprint density at radius 3 is 2.77 bits per heavy atom. The molecule has 0 saturated heterocycles. The average molecular weight is 179 g/mol. The van der Waals surface area contributed by atoms with Crippen LogP contribution in [0.1, 0.15) is 31.7 Å². The van der Waals surface area contributed by atoms with Gasteiger partial charge in [-0.2, -0.15) is 5.10 Å². The summed E-state index contributed by atoms with van der Waals surface area (Å²) in [5.74, 6) is 0.755. The minimum atomic E-state index is 0.428. The highest BCUT2D eigenvalue weighted by atomic mass is 15.3. The van der Waals surface area contributed by atoms with Crippen molar-refractivity contribution in [2.45, 2.75) is 31.7 Å². The lowest BCUT2D eigenvalue weighted by molar-refractivity contribution is 0.317. The Balaban J connectivity index is 2.08. The van der Waals surface area contributed by atoms with Crippen molar-refractivity contribution < 1.29 is 0 Å². The third-order valence-corrected chi connectivity index (χ3v) is 3.05. The molecule has 1 atom stereocenters. The van der Waals surface area contributed by atoms with E-state index in [2.05, 4.69) is 5.10 Å². The van der Waals surface area contributed by atoms with Gasteiger partial charge in [-0.05, 0) is 24.8 Å². The van der Waals surface area contributed by atoms with Crippen LogP contribution in [0, 0.1) is 5.92 Å². The Morgan fingerprint density at radius 2 is 2.23 bits per heavy atom. The fourth-order valence-corrected chi connectivity index (χ4v) is 2.34. The van der Waals surface area contributed by atoms with E-state index < -0.39 is 0 Å². The van der Waals surface area contributed by atoms with Gasteiger partial charge < -0.3 is 5.73 Å². The summed E-state index contributed by atoms with van der Waals surface area (Å²) >= 11 is 0. The van der Waals surface area contributed by atoms with Gasteiger partial charge in [0.2, 0.25) is 0 Å². The molecule has 1 aliphatic rings. The summed E-state index contributed by atoms with van der Waals surface area (Å²) < 4.78 is 2.02. The first-order chi connectivity index (χ1) is 6.42. The molecule has 0 aliphatic heterocycles. The average Bonchev–Trinajstić information content (AvgIpc) is 2.76. The van der Waals surface area contributed by atoms with Crippen LogP contribution in [-0.2, 0) is 0 Å². The van der Waals surface area contributed by atoms with Crippen LogP contribution in [0.5, 0.6) is 0 Å². The van der Waals surface area contributed by atoms with Crippen molar-refractivity contribution in [3.05, 3.63) is 18.5 Å². The van der Waals surface area contributed by atoms with Crippen molar-refractivity contribution >= 4 is 0 Å². The predicted molar refractivity (Wildman–Crippen MR) is 52.3 cm³/mol. The summed E-state index contributed by atoms with van der Waals surface area (Å²) in [6, 6.07) is 2.40. The smallest absolute Gasteiger partial charge is 0.0669 e. The standard InChI is InChI=1S/C10H17N3/c11-8-10(9-4-1-2-5-9)13-7-3-6-12-13/h3,6-7,9-10H,1-2,4-5,8,11H2. The van der Waals surface area contributed by atoms with Crippen molar-refractivity contribution in [1.29, 1.82) is 0 Å². The zero-order chi connectivity index (χ0) is 9.10. The summed E-state index contributed by atoms with van der Waals surface area (Å²) in [5.41, 5.74) is 5.78. The molecule has 1 heterocycles. The molecule has 2 rings (SSSR count). The zero-order valence-corrected chi connectivity index (χ0v) is 7.89. The third kappa shape index (κ3) is 1.75. The molecule has 13 heavy (non-hydrogen) atoms. The number of hydrogen-bond donors (Lipinski definition) is 1. The Morgan fingerprint density at radius 1 is 1.46 bits per heavy atom. The normalized spacial score (nSPS) is 20.7. The molecule has 0 amide bonds. The van der Waals surface area contributed by atoms with E-state index in [0.29, 0.717) is 12.6 Å². The topological polar surface area (TPSA) is 43.8 Å². The SMILES string of the molecule is NCC(C1CCCC1)n1cccn1. The van der Waals surface area contributed by atoms with Gasteiger partial charge in [0.15, 0.2) is 0 Å². The Bertz CT molecular complexity index is 237. The molecular formula is C10H17N3. The lowest BCUT2D eigenvalue weighted by Gasteiger charge is -2.21. The van der Waals surface area contributed by atoms with E-state index in [0.717, 1.165) is 5.92 Å². The lowest BCUT2D eigenvalue weighted by atomic mass is 9.98. The second-order valence-electron chi connectivity index (χ2n) is 3.83. The molecule has 1 unspecified atom stereocenters. The second kappa shape index (κ2) is 3.92. The fourth-order valence-electron chi connectivity index (χ4n) is 2.34. The number of nitrogens with zero attached hydrogens (tertiary/aromatic N) is 2. The zero-order valence-electron chi connectivity index (χ0n) is 7.89. The molecule has 1 aliphatic carbocycles. The number of hydrogen-bond acceptors (Lipinski definition) is 2. The first kappa shape index (κ1) is 8.75. The van der Waals surface area contributed by atoms with Crippen molar-refractivity contribution in [1.82, 2.24) is 9.78 Å². The molecule has 0 aromatic carbocycles. The Kier molecular flexibility index (Phi) is 2.64. The van der Waals surface area contributed by atoms with Gasteiger partial charge in [-0.1, -0.05) is 12.8 Å². The van der Waals surface area contributed by atoms with Crippen LogP contribution < -0.4 is 5.73 Å². The summed E-state index contributed by atoms with van der Waals surface area (Å²) in [5, 5.41) is 4.27. The third-order valence-electron chi connectivity index (χ3n) is 3.05. The van der Waals surface area contributed by atoms with Crippen molar-refractivity contribution in [2.75, 3.05) is 6.54 Å². The Hall–Kier alpha value is -0.830. The van der Waals surface area contributed by atoms with Gasteiger partial charge in [-0.15, -0.1) is 0 Å². The van der Waals surface area contributed by atoms with Crippen LogP contribution in [0.3, 0.4) is 0 Å². The predicted octanol–water partition coefficient (Wildman–Crippen LogP) is 1.57. The van der Waals surface area contributed by atoms with Crippen LogP contribution >= 0.6 is 0 Å². The molecule has 0 bridgehead atoms. The second-order valence-corrected chi connectivity index (χ2v) is 3.83. The van der Waals surface area contributed by atoms with Gasteiger partial charge >= 0.3 is 0 Å². The summed E-state index contributed by atoms with van der Waals surface area (Å²) in [4.78, 5) is 0. The van der Waals surface area contributed by atoms with E-state index in [1.54, 1.807) is 0 Å². The first-order valence-electron chi connectivity index (χ1n) is 5.11. The van der Waals surface area contributed by atoms with E-state index in [9.17, 15) is 0 Å². The van der Waals surface area contributed by atoms with Crippen molar-refractivity contribution in [3.8, 4) is 0 Å². The number of nitrogens with two attached hydrogens (primary N) is 1. The van der Waals surface area contributed by atoms with E-state index in [1.165, 1.54) is 25.7 Å². The van der Waals surface area contributed by atoms with Gasteiger partial charge in [-0.3, -0.25) is 4.68 Å². The minimum absolute atomic E-state index is 0.428. The minimum Gasteiger partial charge on any atom is -0.328 e. The number of aromatic nitrogens is 2. The molecule has 0 radical (unpaired) electrons. The molecule has 0 spiro atoms. The summed E-state index contributed by atoms with van der Waals surface area (Å²) in [7, 11) is 0. The van der Waals surface area contributed by atoms with E-state index >= 15 is 0 Å². The van der Waals surface area contributed by atoms with Crippen LogP contribution in [0.2, 0.25) is 0 Å². The molecule has 1 saturated carbocycles. The maximum atomic E-state index is 5.78. The van der Waals surface area contributed by atoms with Gasteiger partial charge in [0.25, 0.3) is 0 Å². The highest BCUT2D eigenvalue weighted by Gasteiger charge is 2.25.